The molecule has 2 aliphatic heterocycles. The SMILES string of the molecule is CN1C2CCC1CN(C(=O)Cn1cc(N)ccc1=O)CC2. The first kappa shape index (κ1) is 14.1. The van der Waals surface area contributed by atoms with E-state index in [0.717, 1.165) is 25.9 Å². The number of anilines is 1. The molecule has 1 amide bonds. The van der Waals surface area contributed by atoms with Crippen LogP contribution in [0.4, 0.5) is 5.69 Å². The lowest BCUT2D eigenvalue weighted by molar-refractivity contribution is -0.132. The van der Waals surface area contributed by atoms with Crippen molar-refractivity contribution in [3.8, 4) is 0 Å². The highest BCUT2D eigenvalue weighted by Gasteiger charge is 2.35. The van der Waals surface area contributed by atoms with E-state index in [2.05, 4.69) is 11.9 Å². The fourth-order valence-electron chi connectivity index (χ4n) is 3.45. The minimum absolute atomic E-state index is 0.00338. The standard InChI is InChI=1S/C15H22N4O2/c1-17-12-3-4-13(17)9-18(7-6-12)15(21)10-19-8-11(16)2-5-14(19)20/h2,5,8,12-13H,3-4,6-7,9-10,16H2,1H3. The van der Waals surface area contributed by atoms with Gasteiger partial charge in [0.15, 0.2) is 0 Å². The number of nitrogens with two attached hydrogens (primary N) is 1. The number of amides is 1. The number of rotatable bonds is 2. The molecule has 1 aromatic rings. The van der Waals surface area contributed by atoms with E-state index < -0.39 is 0 Å². The molecule has 2 atom stereocenters. The van der Waals surface area contributed by atoms with Crippen molar-refractivity contribution in [3.63, 3.8) is 0 Å². The summed E-state index contributed by atoms with van der Waals surface area (Å²) >= 11 is 0. The fraction of sp³-hybridized carbons (Fsp3) is 0.600. The summed E-state index contributed by atoms with van der Waals surface area (Å²) in [4.78, 5) is 28.5. The number of hydrogen-bond donors (Lipinski definition) is 1. The van der Waals surface area contributed by atoms with Gasteiger partial charge < -0.3 is 15.2 Å². The van der Waals surface area contributed by atoms with Gasteiger partial charge in [-0.3, -0.25) is 14.5 Å². The lowest BCUT2D eigenvalue weighted by Crippen LogP contribution is -2.42. The number of nitrogens with zero attached hydrogens (tertiary/aromatic N) is 3. The predicted molar refractivity (Wildman–Crippen MR) is 80.9 cm³/mol. The number of fused-ring (bicyclic) bond motifs is 2. The van der Waals surface area contributed by atoms with Crippen LogP contribution < -0.4 is 11.3 Å². The maximum absolute atomic E-state index is 12.5. The molecule has 0 radical (unpaired) electrons. The van der Waals surface area contributed by atoms with E-state index in [-0.39, 0.29) is 18.0 Å². The van der Waals surface area contributed by atoms with Gasteiger partial charge in [-0.15, -0.1) is 0 Å². The molecule has 0 aromatic carbocycles. The van der Waals surface area contributed by atoms with E-state index in [1.807, 2.05) is 4.90 Å². The van der Waals surface area contributed by atoms with Crippen LogP contribution in [-0.2, 0) is 11.3 Å². The molecule has 2 aliphatic rings. The average molecular weight is 290 g/mol. The lowest BCUT2D eigenvalue weighted by atomic mass is 10.1. The molecule has 0 aliphatic carbocycles. The van der Waals surface area contributed by atoms with Crippen molar-refractivity contribution in [1.29, 1.82) is 0 Å². The number of carbonyl (C=O) groups is 1. The van der Waals surface area contributed by atoms with Crippen LogP contribution in [0.1, 0.15) is 19.3 Å². The molecule has 114 valence electrons. The smallest absolute Gasteiger partial charge is 0.251 e. The van der Waals surface area contributed by atoms with Gasteiger partial charge in [0.05, 0.1) is 0 Å². The Labute approximate surface area is 124 Å². The largest absolute Gasteiger partial charge is 0.398 e. The summed E-state index contributed by atoms with van der Waals surface area (Å²) in [6.07, 6.45) is 4.95. The zero-order valence-corrected chi connectivity index (χ0v) is 12.4. The summed E-state index contributed by atoms with van der Waals surface area (Å²) in [6, 6.07) is 4.02. The zero-order valence-electron chi connectivity index (χ0n) is 12.4. The third-order valence-corrected chi connectivity index (χ3v) is 4.81. The molecule has 3 rings (SSSR count). The third kappa shape index (κ3) is 2.81. The Morgan fingerprint density at radius 1 is 1.29 bits per heavy atom. The van der Waals surface area contributed by atoms with Gasteiger partial charge in [0.25, 0.3) is 5.56 Å². The second kappa shape index (κ2) is 5.52. The molecule has 21 heavy (non-hydrogen) atoms. The van der Waals surface area contributed by atoms with Crippen molar-refractivity contribution < 1.29 is 4.79 Å². The van der Waals surface area contributed by atoms with Crippen molar-refractivity contribution in [2.24, 2.45) is 0 Å². The molecule has 2 bridgehead atoms. The first-order valence-corrected chi connectivity index (χ1v) is 7.50. The van der Waals surface area contributed by atoms with Gasteiger partial charge in [0.2, 0.25) is 5.91 Å². The van der Waals surface area contributed by atoms with Gasteiger partial charge in [-0.1, -0.05) is 0 Å². The van der Waals surface area contributed by atoms with Gasteiger partial charge in [0, 0.05) is 43.1 Å². The third-order valence-electron chi connectivity index (χ3n) is 4.81. The molecule has 6 nitrogen and oxygen atoms in total. The Bertz CT molecular complexity index is 598. The molecular weight excluding hydrogens is 268 g/mol. The van der Waals surface area contributed by atoms with Crippen LogP contribution in [0.5, 0.6) is 0 Å². The molecule has 6 heteroatoms. The molecule has 2 N–H and O–H groups in total. The van der Waals surface area contributed by atoms with E-state index >= 15 is 0 Å². The summed E-state index contributed by atoms with van der Waals surface area (Å²) in [7, 11) is 2.15. The van der Waals surface area contributed by atoms with Crippen LogP contribution in [0.25, 0.3) is 0 Å². The van der Waals surface area contributed by atoms with Crippen LogP contribution >= 0.6 is 0 Å². The number of likely N-dealkylation sites (N-methyl/N-ethyl adjacent to an activating group) is 1. The van der Waals surface area contributed by atoms with Gasteiger partial charge in [-0.2, -0.15) is 0 Å². The predicted octanol–water partition coefficient (Wildman–Crippen LogP) is 0.126. The fourth-order valence-corrected chi connectivity index (χ4v) is 3.45. The molecular formula is C15H22N4O2. The molecule has 2 saturated heterocycles. The molecule has 0 spiro atoms. The number of pyridine rings is 1. The normalized spacial score (nSPS) is 25.9. The molecule has 3 heterocycles. The number of likely N-dealkylation sites (tertiary alicyclic amines) is 1. The molecule has 2 fully saturated rings. The maximum atomic E-state index is 12.5. The van der Waals surface area contributed by atoms with Crippen LogP contribution in [0, 0.1) is 0 Å². The highest BCUT2D eigenvalue weighted by molar-refractivity contribution is 5.76. The van der Waals surface area contributed by atoms with E-state index in [0.29, 0.717) is 17.8 Å². The second-order valence-corrected chi connectivity index (χ2v) is 6.11. The number of nitrogen functional groups attached to an aromatic ring is 1. The number of carbonyl (C=O) groups excluding carboxylic acids is 1. The van der Waals surface area contributed by atoms with Gasteiger partial charge in [-0.05, 0) is 32.4 Å². The van der Waals surface area contributed by atoms with Crippen molar-refractivity contribution in [3.05, 3.63) is 28.7 Å². The first-order chi connectivity index (χ1) is 10.0. The van der Waals surface area contributed by atoms with Crippen LogP contribution in [0.15, 0.2) is 23.1 Å². The Balaban J connectivity index is 1.71. The quantitative estimate of drug-likeness (QED) is 0.840. The minimum Gasteiger partial charge on any atom is -0.398 e. The van der Waals surface area contributed by atoms with E-state index in [9.17, 15) is 9.59 Å². The summed E-state index contributed by atoms with van der Waals surface area (Å²) < 4.78 is 1.39. The minimum atomic E-state index is -0.189. The van der Waals surface area contributed by atoms with Crippen LogP contribution in [0.3, 0.4) is 0 Å². The Morgan fingerprint density at radius 3 is 2.86 bits per heavy atom. The van der Waals surface area contributed by atoms with Gasteiger partial charge >= 0.3 is 0 Å². The summed E-state index contributed by atoms with van der Waals surface area (Å²) in [5, 5.41) is 0. The van der Waals surface area contributed by atoms with Gasteiger partial charge in [-0.25, -0.2) is 0 Å². The Morgan fingerprint density at radius 2 is 2.05 bits per heavy atom. The topological polar surface area (TPSA) is 71.6 Å². The van der Waals surface area contributed by atoms with Crippen molar-refractivity contribution in [2.75, 3.05) is 25.9 Å². The Hall–Kier alpha value is -1.82. The van der Waals surface area contributed by atoms with Gasteiger partial charge in [0.1, 0.15) is 6.54 Å². The van der Waals surface area contributed by atoms with Crippen LogP contribution in [0.2, 0.25) is 0 Å². The highest BCUT2D eigenvalue weighted by Crippen LogP contribution is 2.28. The van der Waals surface area contributed by atoms with Crippen molar-refractivity contribution in [2.45, 2.75) is 37.9 Å². The van der Waals surface area contributed by atoms with Crippen LogP contribution in [-0.4, -0.2) is 52.5 Å². The average Bonchev–Trinajstić information content (AvgIpc) is 2.67. The van der Waals surface area contributed by atoms with Crippen molar-refractivity contribution in [1.82, 2.24) is 14.4 Å². The monoisotopic (exact) mass is 290 g/mol. The molecule has 2 unspecified atom stereocenters. The Kier molecular flexibility index (Phi) is 3.71. The number of aromatic nitrogens is 1. The van der Waals surface area contributed by atoms with E-state index in [1.54, 1.807) is 6.07 Å². The highest BCUT2D eigenvalue weighted by atomic mass is 16.2. The number of hydrogen-bond acceptors (Lipinski definition) is 4. The first-order valence-electron chi connectivity index (χ1n) is 7.50. The lowest BCUT2D eigenvalue weighted by Gasteiger charge is -2.26. The maximum Gasteiger partial charge on any atom is 0.251 e. The van der Waals surface area contributed by atoms with E-state index in [1.165, 1.54) is 23.3 Å². The summed E-state index contributed by atoms with van der Waals surface area (Å²) in [6.45, 7) is 1.62. The molecule has 1 aromatic heterocycles. The zero-order chi connectivity index (χ0) is 15.0. The van der Waals surface area contributed by atoms with Crippen molar-refractivity contribution >= 4 is 11.6 Å². The summed E-state index contributed by atoms with van der Waals surface area (Å²) in [5.41, 5.74) is 5.99. The molecule has 0 saturated carbocycles. The second-order valence-electron chi connectivity index (χ2n) is 6.11. The van der Waals surface area contributed by atoms with E-state index in [4.69, 9.17) is 5.73 Å². The summed E-state index contributed by atoms with van der Waals surface area (Å²) in [5.74, 6) is 0.00338.